The number of rotatable bonds is 1. The zero-order chi connectivity index (χ0) is 11.0. The van der Waals surface area contributed by atoms with Crippen LogP contribution >= 0.6 is 0 Å². The summed E-state index contributed by atoms with van der Waals surface area (Å²) >= 11 is 0. The van der Waals surface area contributed by atoms with Gasteiger partial charge in [0.15, 0.2) is 11.6 Å². The highest BCUT2D eigenvalue weighted by molar-refractivity contribution is 5.39. The van der Waals surface area contributed by atoms with Crippen LogP contribution in [0.1, 0.15) is 11.5 Å². The lowest BCUT2D eigenvalue weighted by molar-refractivity contribution is 0.432. The number of aryl methyl sites for hydroxylation is 2. The van der Waals surface area contributed by atoms with Crippen molar-refractivity contribution in [2.24, 2.45) is 0 Å². The first-order valence-corrected chi connectivity index (χ1v) is 4.59. The Morgan fingerprint density at radius 1 is 1.33 bits per heavy atom. The van der Waals surface area contributed by atoms with Gasteiger partial charge in [0.25, 0.3) is 0 Å². The first kappa shape index (κ1) is 9.71. The maximum Gasteiger partial charge on any atom is 0.166 e. The van der Waals surface area contributed by atoms with E-state index in [1.165, 1.54) is 12.1 Å². The molecule has 1 N–H and O–H groups in total. The van der Waals surface area contributed by atoms with E-state index in [9.17, 15) is 4.39 Å². The fourth-order valence-electron chi connectivity index (χ4n) is 1.53. The molecule has 1 aromatic heterocycles. The lowest BCUT2D eigenvalue weighted by atomic mass is 10.3. The highest BCUT2D eigenvalue weighted by Gasteiger charge is 2.06. The van der Waals surface area contributed by atoms with Gasteiger partial charge in [0.2, 0.25) is 0 Å². The number of phenols is 1. The Kier molecular flexibility index (Phi) is 2.19. The monoisotopic (exact) mass is 206 g/mol. The number of nitrogens with zero attached hydrogens (tertiary/aromatic N) is 2. The van der Waals surface area contributed by atoms with Crippen LogP contribution in [0, 0.1) is 19.7 Å². The molecule has 0 radical (unpaired) electrons. The Morgan fingerprint density at radius 2 is 2.07 bits per heavy atom. The second-order valence-corrected chi connectivity index (χ2v) is 3.44. The van der Waals surface area contributed by atoms with Gasteiger partial charge in [0.05, 0.1) is 5.69 Å². The number of aromatic nitrogens is 2. The van der Waals surface area contributed by atoms with Gasteiger partial charge < -0.3 is 9.67 Å². The van der Waals surface area contributed by atoms with Gasteiger partial charge in [-0.3, -0.25) is 0 Å². The van der Waals surface area contributed by atoms with Crippen molar-refractivity contribution >= 4 is 0 Å². The summed E-state index contributed by atoms with van der Waals surface area (Å²) in [4.78, 5) is 4.22. The van der Waals surface area contributed by atoms with Gasteiger partial charge in [-0.2, -0.15) is 0 Å². The van der Waals surface area contributed by atoms with Crippen molar-refractivity contribution < 1.29 is 9.50 Å². The molecule has 0 saturated carbocycles. The van der Waals surface area contributed by atoms with Gasteiger partial charge >= 0.3 is 0 Å². The van der Waals surface area contributed by atoms with E-state index in [0.717, 1.165) is 11.5 Å². The average Bonchev–Trinajstić information content (AvgIpc) is 2.50. The molecule has 0 saturated heterocycles. The standard InChI is InChI=1S/C11H11FN2O/c1-7-6-14(8(2)13-7)9-3-4-11(15)10(12)5-9/h3-6,15H,1-2H3. The summed E-state index contributed by atoms with van der Waals surface area (Å²) in [5.41, 5.74) is 1.53. The van der Waals surface area contributed by atoms with Crippen molar-refractivity contribution in [1.29, 1.82) is 0 Å². The number of imidazole rings is 1. The van der Waals surface area contributed by atoms with Crippen molar-refractivity contribution in [3.8, 4) is 11.4 Å². The van der Waals surface area contributed by atoms with Crippen molar-refractivity contribution in [1.82, 2.24) is 9.55 Å². The van der Waals surface area contributed by atoms with Crippen LogP contribution in [-0.2, 0) is 0 Å². The third-order valence-electron chi connectivity index (χ3n) is 2.21. The predicted octanol–water partition coefficient (Wildman–Crippen LogP) is 2.33. The molecule has 0 amide bonds. The summed E-state index contributed by atoms with van der Waals surface area (Å²) in [5.74, 6) is -0.177. The Hall–Kier alpha value is -1.84. The van der Waals surface area contributed by atoms with Crippen LogP contribution in [0.5, 0.6) is 5.75 Å². The minimum Gasteiger partial charge on any atom is -0.505 e. The van der Waals surface area contributed by atoms with Crippen LogP contribution in [-0.4, -0.2) is 14.7 Å². The highest BCUT2D eigenvalue weighted by atomic mass is 19.1. The number of hydrogen-bond donors (Lipinski definition) is 1. The topological polar surface area (TPSA) is 38.0 Å². The minimum absolute atomic E-state index is 0.340. The number of hydrogen-bond acceptors (Lipinski definition) is 2. The van der Waals surface area contributed by atoms with Gasteiger partial charge in [0.1, 0.15) is 5.82 Å². The maximum absolute atomic E-state index is 13.1. The quantitative estimate of drug-likeness (QED) is 0.777. The molecule has 0 spiro atoms. The molecule has 4 heteroatoms. The van der Waals surface area contributed by atoms with Crippen LogP contribution in [0.25, 0.3) is 5.69 Å². The van der Waals surface area contributed by atoms with Crippen molar-refractivity contribution in [2.75, 3.05) is 0 Å². The van der Waals surface area contributed by atoms with Crippen LogP contribution in [0.4, 0.5) is 4.39 Å². The van der Waals surface area contributed by atoms with Crippen LogP contribution in [0.3, 0.4) is 0 Å². The van der Waals surface area contributed by atoms with E-state index in [-0.39, 0.29) is 5.75 Å². The molecule has 2 aromatic rings. The lowest BCUT2D eigenvalue weighted by Crippen LogP contribution is -1.95. The molecular formula is C11H11FN2O. The van der Waals surface area contributed by atoms with E-state index >= 15 is 0 Å². The summed E-state index contributed by atoms with van der Waals surface area (Å²) in [7, 11) is 0. The highest BCUT2D eigenvalue weighted by Crippen LogP contribution is 2.20. The molecule has 0 bridgehead atoms. The third kappa shape index (κ3) is 1.70. The number of aromatic hydroxyl groups is 1. The fraction of sp³-hybridized carbons (Fsp3) is 0.182. The smallest absolute Gasteiger partial charge is 0.166 e. The lowest BCUT2D eigenvalue weighted by Gasteiger charge is -2.05. The summed E-state index contributed by atoms with van der Waals surface area (Å²) < 4.78 is 14.9. The van der Waals surface area contributed by atoms with Gasteiger partial charge in [-0.1, -0.05) is 0 Å². The Bertz CT molecular complexity index is 505. The van der Waals surface area contributed by atoms with E-state index in [4.69, 9.17) is 5.11 Å². The largest absolute Gasteiger partial charge is 0.505 e. The molecule has 0 aliphatic carbocycles. The zero-order valence-electron chi connectivity index (χ0n) is 8.53. The van der Waals surface area contributed by atoms with Crippen molar-refractivity contribution in [2.45, 2.75) is 13.8 Å². The molecule has 78 valence electrons. The second-order valence-electron chi connectivity index (χ2n) is 3.44. The fourth-order valence-corrected chi connectivity index (χ4v) is 1.53. The van der Waals surface area contributed by atoms with Crippen LogP contribution in [0.15, 0.2) is 24.4 Å². The Balaban J connectivity index is 2.54. The molecule has 0 aliphatic heterocycles. The first-order chi connectivity index (χ1) is 7.08. The van der Waals surface area contributed by atoms with Gasteiger partial charge in [-0.25, -0.2) is 9.37 Å². The van der Waals surface area contributed by atoms with E-state index < -0.39 is 5.82 Å². The molecule has 3 nitrogen and oxygen atoms in total. The molecule has 0 fully saturated rings. The van der Waals surface area contributed by atoms with Gasteiger partial charge in [-0.05, 0) is 26.0 Å². The second kappa shape index (κ2) is 3.38. The maximum atomic E-state index is 13.1. The molecule has 15 heavy (non-hydrogen) atoms. The van der Waals surface area contributed by atoms with E-state index in [2.05, 4.69) is 4.98 Å². The minimum atomic E-state index is -0.627. The normalized spacial score (nSPS) is 10.6. The summed E-state index contributed by atoms with van der Waals surface area (Å²) in [6.45, 7) is 3.72. The number of halogens is 1. The molecule has 1 aromatic carbocycles. The SMILES string of the molecule is Cc1cn(-c2ccc(O)c(F)c2)c(C)n1. The first-order valence-electron chi connectivity index (χ1n) is 4.59. The van der Waals surface area contributed by atoms with Gasteiger partial charge in [-0.15, -0.1) is 0 Å². The molecule has 2 rings (SSSR count). The third-order valence-corrected chi connectivity index (χ3v) is 2.21. The summed E-state index contributed by atoms with van der Waals surface area (Å²) in [6, 6.07) is 4.26. The predicted molar refractivity (Wildman–Crippen MR) is 54.7 cm³/mol. The van der Waals surface area contributed by atoms with Crippen molar-refractivity contribution in [3.63, 3.8) is 0 Å². The average molecular weight is 206 g/mol. The van der Waals surface area contributed by atoms with Gasteiger partial charge in [0, 0.05) is 18.0 Å². The number of phenolic OH excluding ortho intramolecular Hbond substituents is 1. The number of benzene rings is 1. The van der Waals surface area contributed by atoms with Crippen LogP contribution in [0.2, 0.25) is 0 Å². The molecule has 0 aliphatic rings. The molecular weight excluding hydrogens is 195 g/mol. The summed E-state index contributed by atoms with van der Waals surface area (Å²) in [6.07, 6.45) is 1.82. The Morgan fingerprint density at radius 3 is 2.60 bits per heavy atom. The zero-order valence-corrected chi connectivity index (χ0v) is 8.53. The van der Waals surface area contributed by atoms with E-state index in [1.54, 1.807) is 10.6 Å². The molecule has 0 unspecified atom stereocenters. The summed E-state index contributed by atoms with van der Waals surface area (Å²) in [5, 5.41) is 9.07. The molecule has 0 atom stereocenters. The van der Waals surface area contributed by atoms with E-state index in [0.29, 0.717) is 5.69 Å². The molecule has 1 heterocycles. The Labute approximate surface area is 86.8 Å². The van der Waals surface area contributed by atoms with Crippen molar-refractivity contribution in [3.05, 3.63) is 41.7 Å². The van der Waals surface area contributed by atoms with E-state index in [1.807, 2.05) is 20.0 Å². The van der Waals surface area contributed by atoms with Crippen LogP contribution < -0.4 is 0 Å².